The van der Waals surface area contributed by atoms with Crippen LogP contribution < -0.4 is 4.90 Å². The second-order valence-corrected chi connectivity index (χ2v) is 5.36. The molecular formula is C15H17N5. The highest BCUT2D eigenvalue weighted by molar-refractivity contribution is 5.79. The Hall–Kier alpha value is -2.43. The van der Waals surface area contributed by atoms with Gasteiger partial charge in [-0.1, -0.05) is 32.0 Å². The first-order valence-electron chi connectivity index (χ1n) is 6.53. The molecule has 0 radical (unpaired) electrons. The van der Waals surface area contributed by atoms with Crippen LogP contribution in [0.25, 0.3) is 0 Å². The Morgan fingerprint density at radius 3 is 2.55 bits per heavy atom. The molecule has 5 heteroatoms. The lowest BCUT2D eigenvalue weighted by molar-refractivity contribution is 0.641. The van der Waals surface area contributed by atoms with Crippen LogP contribution in [-0.4, -0.2) is 28.1 Å². The maximum Gasteiger partial charge on any atom is 0.141 e. The molecule has 0 bridgehead atoms. The van der Waals surface area contributed by atoms with Gasteiger partial charge in [-0.15, -0.1) is 10.2 Å². The molecule has 0 saturated heterocycles. The summed E-state index contributed by atoms with van der Waals surface area (Å²) in [5.74, 6) is 0. The summed E-state index contributed by atoms with van der Waals surface area (Å²) in [4.78, 5) is 2.22. The molecule has 0 spiro atoms. The maximum absolute atomic E-state index is 4.26. The molecule has 20 heavy (non-hydrogen) atoms. The molecule has 102 valence electrons. The molecule has 1 aliphatic rings. The van der Waals surface area contributed by atoms with Crippen molar-refractivity contribution in [3.8, 4) is 0 Å². The number of aromatic nitrogens is 3. The van der Waals surface area contributed by atoms with E-state index in [1.807, 2.05) is 6.08 Å². The van der Waals surface area contributed by atoms with Gasteiger partial charge in [-0.3, -0.25) is 0 Å². The third-order valence-electron chi connectivity index (χ3n) is 3.78. The van der Waals surface area contributed by atoms with E-state index in [1.165, 1.54) is 16.9 Å². The molecule has 0 aliphatic carbocycles. The average molecular weight is 267 g/mol. The van der Waals surface area contributed by atoms with Crippen LogP contribution in [0.3, 0.4) is 0 Å². The van der Waals surface area contributed by atoms with Crippen molar-refractivity contribution in [2.24, 2.45) is 5.10 Å². The molecule has 5 nitrogen and oxygen atoms in total. The van der Waals surface area contributed by atoms with Gasteiger partial charge in [0.2, 0.25) is 0 Å². The van der Waals surface area contributed by atoms with E-state index in [4.69, 9.17) is 0 Å². The fraction of sp³-hybridized carbons (Fsp3) is 0.267. The standard InChI is InChI=1S/C15H17N5/c1-15(2)12-6-4-5-7-13(12)19(3)14(15)8-9-18-20-10-16-17-11-20/h4-11H,1-3H3/b14-8-,18-9?. The third kappa shape index (κ3) is 1.91. The van der Waals surface area contributed by atoms with Crippen molar-refractivity contribution in [2.45, 2.75) is 19.3 Å². The lowest BCUT2D eigenvalue weighted by Gasteiger charge is -2.23. The summed E-state index contributed by atoms with van der Waals surface area (Å²) in [5.41, 5.74) is 3.79. The van der Waals surface area contributed by atoms with Gasteiger partial charge < -0.3 is 4.90 Å². The van der Waals surface area contributed by atoms with Gasteiger partial charge >= 0.3 is 0 Å². The molecule has 1 aromatic heterocycles. The molecule has 0 amide bonds. The molecule has 1 aromatic carbocycles. The lowest BCUT2D eigenvalue weighted by atomic mass is 9.84. The fourth-order valence-corrected chi connectivity index (χ4v) is 2.74. The monoisotopic (exact) mass is 267 g/mol. The molecule has 0 N–H and O–H groups in total. The summed E-state index contributed by atoms with van der Waals surface area (Å²) in [5, 5.41) is 11.7. The van der Waals surface area contributed by atoms with Crippen LogP contribution in [0, 0.1) is 0 Å². The highest BCUT2D eigenvalue weighted by Crippen LogP contribution is 2.46. The van der Waals surface area contributed by atoms with Crippen molar-refractivity contribution in [1.82, 2.24) is 14.9 Å². The number of hydrogen-bond donors (Lipinski definition) is 0. The number of likely N-dealkylation sites (N-methyl/N-ethyl adjacent to an activating group) is 1. The van der Waals surface area contributed by atoms with Crippen molar-refractivity contribution in [1.29, 1.82) is 0 Å². The van der Waals surface area contributed by atoms with Gasteiger partial charge in [-0.2, -0.15) is 5.10 Å². The lowest BCUT2D eigenvalue weighted by Crippen LogP contribution is -2.23. The molecule has 2 heterocycles. The van der Waals surface area contributed by atoms with E-state index in [0.717, 1.165) is 0 Å². The average Bonchev–Trinajstić information content (AvgIpc) is 3.01. The number of benzene rings is 1. The Bertz CT molecular complexity index is 667. The zero-order chi connectivity index (χ0) is 14.2. The molecule has 0 saturated carbocycles. The number of nitrogens with zero attached hydrogens (tertiary/aromatic N) is 5. The van der Waals surface area contributed by atoms with Gasteiger partial charge in [-0.05, 0) is 17.7 Å². The van der Waals surface area contributed by atoms with Crippen LogP contribution in [0.15, 0.2) is 53.8 Å². The van der Waals surface area contributed by atoms with Crippen LogP contribution >= 0.6 is 0 Å². The van der Waals surface area contributed by atoms with E-state index in [2.05, 4.69) is 65.4 Å². The smallest absolute Gasteiger partial charge is 0.141 e. The quantitative estimate of drug-likeness (QED) is 0.785. The van der Waals surface area contributed by atoms with E-state index in [1.54, 1.807) is 23.5 Å². The van der Waals surface area contributed by atoms with E-state index < -0.39 is 0 Å². The number of fused-ring (bicyclic) bond motifs is 1. The zero-order valence-corrected chi connectivity index (χ0v) is 11.9. The third-order valence-corrected chi connectivity index (χ3v) is 3.78. The number of hydrogen-bond acceptors (Lipinski definition) is 4. The van der Waals surface area contributed by atoms with Crippen LogP contribution in [-0.2, 0) is 5.41 Å². The summed E-state index contributed by atoms with van der Waals surface area (Å²) in [7, 11) is 2.09. The number of para-hydroxylation sites is 1. The summed E-state index contributed by atoms with van der Waals surface area (Å²) in [6.45, 7) is 4.46. The molecule has 1 aliphatic heterocycles. The van der Waals surface area contributed by atoms with Crippen molar-refractivity contribution < 1.29 is 0 Å². The number of anilines is 1. The Kier molecular flexibility index (Phi) is 2.89. The first-order valence-corrected chi connectivity index (χ1v) is 6.53. The van der Waals surface area contributed by atoms with Gasteiger partial charge in [-0.25, -0.2) is 4.68 Å². The van der Waals surface area contributed by atoms with Crippen molar-refractivity contribution in [3.63, 3.8) is 0 Å². The number of rotatable bonds is 2. The van der Waals surface area contributed by atoms with Crippen molar-refractivity contribution in [3.05, 3.63) is 54.3 Å². The predicted molar refractivity (Wildman–Crippen MR) is 79.9 cm³/mol. The molecule has 2 aromatic rings. The van der Waals surface area contributed by atoms with Crippen molar-refractivity contribution in [2.75, 3.05) is 11.9 Å². The van der Waals surface area contributed by atoms with Crippen LogP contribution in [0.2, 0.25) is 0 Å². The summed E-state index contributed by atoms with van der Waals surface area (Å²) < 4.78 is 1.58. The molecule has 0 atom stereocenters. The molecule has 0 unspecified atom stereocenters. The van der Waals surface area contributed by atoms with Gasteiger partial charge in [0.05, 0.1) is 0 Å². The topological polar surface area (TPSA) is 46.3 Å². The summed E-state index contributed by atoms with van der Waals surface area (Å²) >= 11 is 0. The Labute approximate surface area is 118 Å². The zero-order valence-electron chi connectivity index (χ0n) is 11.9. The van der Waals surface area contributed by atoms with Crippen LogP contribution in [0.1, 0.15) is 19.4 Å². The predicted octanol–water partition coefficient (Wildman–Crippen LogP) is 2.42. The van der Waals surface area contributed by atoms with Crippen LogP contribution in [0.4, 0.5) is 5.69 Å². The van der Waals surface area contributed by atoms with E-state index in [-0.39, 0.29) is 5.41 Å². The maximum atomic E-state index is 4.26. The van der Waals surface area contributed by atoms with Crippen LogP contribution in [0.5, 0.6) is 0 Å². The minimum absolute atomic E-state index is 0.0233. The fourth-order valence-electron chi connectivity index (χ4n) is 2.74. The highest BCUT2D eigenvalue weighted by atomic mass is 15.4. The Morgan fingerprint density at radius 2 is 1.85 bits per heavy atom. The summed E-state index contributed by atoms with van der Waals surface area (Å²) in [6.07, 6.45) is 6.95. The largest absolute Gasteiger partial charge is 0.347 e. The molecular weight excluding hydrogens is 250 g/mol. The second kappa shape index (κ2) is 4.59. The van der Waals surface area contributed by atoms with Gasteiger partial charge in [0.15, 0.2) is 0 Å². The normalized spacial score (nSPS) is 18.9. The van der Waals surface area contributed by atoms with E-state index >= 15 is 0 Å². The van der Waals surface area contributed by atoms with Gasteiger partial charge in [0.1, 0.15) is 12.7 Å². The minimum atomic E-state index is -0.0233. The first-order chi connectivity index (χ1) is 9.60. The number of allylic oxidation sites excluding steroid dienone is 2. The minimum Gasteiger partial charge on any atom is -0.347 e. The molecule has 3 rings (SSSR count). The molecule has 0 fully saturated rings. The van der Waals surface area contributed by atoms with E-state index in [9.17, 15) is 0 Å². The SMILES string of the molecule is CN1/C(=C\C=Nn2cnnc2)C(C)(C)c2ccccc21. The van der Waals surface area contributed by atoms with Crippen molar-refractivity contribution >= 4 is 11.9 Å². The highest BCUT2D eigenvalue weighted by Gasteiger charge is 2.37. The van der Waals surface area contributed by atoms with Gasteiger partial charge in [0.25, 0.3) is 0 Å². The first kappa shape index (κ1) is 12.6. The van der Waals surface area contributed by atoms with E-state index in [0.29, 0.717) is 0 Å². The second-order valence-electron chi connectivity index (χ2n) is 5.36. The van der Waals surface area contributed by atoms with Gasteiger partial charge in [0, 0.05) is 30.1 Å². The Balaban J connectivity index is 1.95. The summed E-state index contributed by atoms with van der Waals surface area (Å²) in [6, 6.07) is 8.49. The Morgan fingerprint density at radius 1 is 1.15 bits per heavy atom.